The molecule has 1 aliphatic heterocycles. The highest BCUT2D eigenvalue weighted by atomic mass is 16.5. The lowest BCUT2D eigenvalue weighted by Crippen LogP contribution is -2.44. The van der Waals surface area contributed by atoms with Crippen LogP contribution in [-0.2, 0) is 20.9 Å². The number of rotatable bonds is 6. The van der Waals surface area contributed by atoms with Gasteiger partial charge >= 0.3 is 12.0 Å². The average Bonchev–Trinajstić information content (AvgIpc) is 3.15. The largest absolute Gasteiger partial charge is 0.493 e. The van der Waals surface area contributed by atoms with E-state index in [2.05, 4.69) is 5.32 Å². The van der Waals surface area contributed by atoms with Gasteiger partial charge < -0.3 is 14.8 Å². The van der Waals surface area contributed by atoms with Crippen molar-refractivity contribution in [3.8, 4) is 5.75 Å². The maximum Gasteiger partial charge on any atom is 0.326 e. The number of para-hydroxylation sites is 1. The molecule has 0 radical (unpaired) electrons. The van der Waals surface area contributed by atoms with Crippen LogP contribution >= 0.6 is 0 Å². The van der Waals surface area contributed by atoms with Crippen molar-refractivity contribution >= 4 is 17.9 Å². The number of imide groups is 1. The summed E-state index contributed by atoms with van der Waals surface area (Å²) < 4.78 is 10.7. The number of urea groups is 1. The summed E-state index contributed by atoms with van der Waals surface area (Å²) in [6.45, 7) is 2.04. The summed E-state index contributed by atoms with van der Waals surface area (Å²) in [5, 5.41) is 2.74. The van der Waals surface area contributed by atoms with Crippen LogP contribution < -0.4 is 10.1 Å². The number of benzene rings is 1. The lowest BCUT2D eigenvalue weighted by Gasteiger charge is -2.19. The molecular weight excluding hydrogens is 324 g/mol. The van der Waals surface area contributed by atoms with Gasteiger partial charge in [-0.05, 0) is 25.8 Å². The molecule has 7 nitrogen and oxygen atoms in total. The first-order valence-electron chi connectivity index (χ1n) is 8.56. The van der Waals surface area contributed by atoms with E-state index in [0.29, 0.717) is 25.2 Å². The van der Waals surface area contributed by atoms with Crippen molar-refractivity contribution in [1.82, 2.24) is 10.2 Å². The van der Waals surface area contributed by atoms with Gasteiger partial charge in [-0.15, -0.1) is 0 Å². The van der Waals surface area contributed by atoms with Crippen molar-refractivity contribution in [3.63, 3.8) is 0 Å². The zero-order chi connectivity index (χ0) is 17.9. The summed E-state index contributed by atoms with van der Waals surface area (Å²) in [7, 11) is 0. The number of carbonyl (C=O) groups is 3. The molecule has 0 aromatic heterocycles. The van der Waals surface area contributed by atoms with E-state index in [1.54, 1.807) is 12.1 Å². The lowest BCUT2D eigenvalue weighted by molar-refractivity contribution is -0.148. The molecule has 25 heavy (non-hydrogen) atoms. The highest BCUT2D eigenvalue weighted by molar-refractivity contribution is 6.08. The average molecular weight is 346 g/mol. The summed E-state index contributed by atoms with van der Waals surface area (Å²) >= 11 is 0. The zero-order valence-corrected chi connectivity index (χ0v) is 14.2. The molecule has 0 unspecified atom stereocenters. The third-order valence-electron chi connectivity index (χ3n) is 4.65. The van der Waals surface area contributed by atoms with Gasteiger partial charge in [0.25, 0.3) is 5.91 Å². The molecule has 1 spiro atoms. The molecule has 1 N–H and O–H groups in total. The van der Waals surface area contributed by atoms with E-state index in [0.717, 1.165) is 23.3 Å². The second-order valence-corrected chi connectivity index (χ2v) is 6.31. The molecule has 2 aliphatic rings. The monoisotopic (exact) mass is 346 g/mol. The number of hydrogen-bond acceptors (Lipinski definition) is 5. The number of carbonyl (C=O) groups excluding carboxylic acids is 3. The second kappa shape index (κ2) is 7.13. The van der Waals surface area contributed by atoms with Crippen LogP contribution in [-0.4, -0.2) is 41.5 Å². The van der Waals surface area contributed by atoms with Crippen LogP contribution in [0.15, 0.2) is 24.3 Å². The van der Waals surface area contributed by atoms with Gasteiger partial charge in [0, 0.05) is 5.56 Å². The fourth-order valence-electron chi connectivity index (χ4n) is 3.39. The van der Waals surface area contributed by atoms with Crippen LogP contribution in [0.4, 0.5) is 4.79 Å². The van der Waals surface area contributed by atoms with Crippen LogP contribution in [0.5, 0.6) is 5.75 Å². The minimum absolute atomic E-state index is 0.0315. The van der Waals surface area contributed by atoms with Gasteiger partial charge in [0.2, 0.25) is 0 Å². The molecule has 0 bridgehead atoms. The normalized spacial score (nSPS) is 18.5. The Morgan fingerprint density at radius 1 is 1.24 bits per heavy atom. The van der Waals surface area contributed by atoms with Gasteiger partial charge in [0.05, 0.1) is 6.61 Å². The summed E-state index contributed by atoms with van der Waals surface area (Å²) in [6, 6.07) is 6.75. The van der Waals surface area contributed by atoms with Crippen molar-refractivity contribution in [1.29, 1.82) is 0 Å². The van der Waals surface area contributed by atoms with Crippen LogP contribution in [0.25, 0.3) is 0 Å². The highest BCUT2D eigenvalue weighted by Gasteiger charge is 2.52. The molecule has 1 aliphatic carbocycles. The van der Waals surface area contributed by atoms with E-state index in [1.165, 1.54) is 0 Å². The number of amides is 3. The maximum atomic E-state index is 12.5. The summed E-state index contributed by atoms with van der Waals surface area (Å²) in [6.07, 6.45) is 3.06. The first-order valence-corrected chi connectivity index (χ1v) is 8.56. The van der Waals surface area contributed by atoms with Crippen molar-refractivity contribution in [2.45, 2.75) is 44.8 Å². The third-order valence-corrected chi connectivity index (χ3v) is 4.65. The highest BCUT2D eigenvalue weighted by Crippen LogP contribution is 2.34. The minimum atomic E-state index is -0.807. The fourth-order valence-corrected chi connectivity index (χ4v) is 3.39. The Labute approximate surface area is 146 Å². The maximum absolute atomic E-state index is 12.5. The predicted molar refractivity (Wildman–Crippen MR) is 88.9 cm³/mol. The van der Waals surface area contributed by atoms with Crippen molar-refractivity contribution < 1.29 is 23.9 Å². The van der Waals surface area contributed by atoms with Crippen LogP contribution in [0, 0.1) is 0 Å². The molecule has 1 aromatic rings. The molecule has 2 fully saturated rings. The first-order chi connectivity index (χ1) is 12.1. The predicted octanol–water partition coefficient (Wildman–Crippen LogP) is 1.99. The van der Waals surface area contributed by atoms with Gasteiger partial charge in [-0.2, -0.15) is 0 Å². The van der Waals surface area contributed by atoms with E-state index in [-0.39, 0.29) is 19.1 Å². The molecule has 1 aromatic carbocycles. The van der Waals surface area contributed by atoms with Crippen LogP contribution in [0.2, 0.25) is 0 Å². The molecule has 1 saturated heterocycles. The smallest absolute Gasteiger partial charge is 0.326 e. The molecular formula is C18H22N2O5. The van der Waals surface area contributed by atoms with Crippen molar-refractivity contribution in [3.05, 3.63) is 29.8 Å². The molecule has 1 heterocycles. The number of hydrogen-bond donors (Lipinski definition) is 1. The molecule has 0 atom stereocenters. The third kappa shape index (κ3) is 3.45. The molecule has 3 amide bonds. The topological polar surface area (TPSA) is 84.9 Å². The zero-order valence-electron chi connectivity index (χ0n) is 14.2. The van der Waals surface area contributed by atoms with Gasteiger partial charge in [-0.25, -0.2) is 4.79 Å². The molecule has 134 valence electrons. The molecule has 1 saturated carbocycles. The van der Waals surface area contributed by atoms with Gasteiger partial charge in [0.1, 0.15) is 24.4 Å². The summed E-state index contributed by atoms with van der Waals surface area (Å²) in [4.78, 5) is 37.6. The van der Waals surface area contributed by atoms with Crippen molar-refractivity contribution in [2.24, 2.45) is 0 Å². The fraction of sp³-hybridized carbons (Fsp3) is 0.500. The van der Waals surface area contributed by atoms with E-state index in [4.69, 9.17) is 9.47 Å². The Bertz CT molecular complexity index is 682. The Morgan fingerprint density at radius 3 is 2.68 bits per heavy atom. The molecule has 3 rings (SSSR count). The number of nitrogens with zero attached hydrogens (tertiary/aromatic N) is 1. The second-order valence-electron chi connectivity index (χ2n) is 6.31. The first kappa shape index (κ1) is 17.3. The van der Waals surface area contributed by atoms with Crippen molar-refractivity contribution in [2.75, 3.05) is 13.2 Å². The van der Waals surface area contributed by atoms with E-state index in [1.807, 2.05) is 19.1 Å². The Balaban J connectivity index is 1.58. The Hall–Kier alpha value is -2.57. The number of ether oxygens (including phenoxy) is 2. The Morgan fingerprint density at radius 2 is 1.96 bits per heavy atom. The van der Waals surface area contributed by atoms with Gasteiger partial charge in [0.15, 0.2) is 0 Å². The summed E-state index contributed by atoms with van der Waals surface area (Å²) in [5.41, 5.74) is -0.0685. The van der Waals surface area contributed by atoms with Crippen LogP contribution in [0.1, 0.15) is 38.2 Å². The lowest BCUT2D eigenvalue weighted by atomic mass is 9.98. The standard InChI is InChI=1S/C18H22N2O5/c1-2-24-14-8-4-3-7-13(14)12-25-15(21)11-20-16(22)18(19-17(20)23)9-5-6-10-18/h3-4,7-8H,2,5-6,9-12H2,1H3,(H,19,23). The van der Waals surface area contributed by atoms with Gasteiger partial charge in [-0.3, -0.25) is 14.5 Å². The van der Waals surface area contributed by atoms with Gasteiger partial charge in [-0.1, -0.05) is 31.0 Å². The van der Waals surface area contributed by atoms with E-state index in [9.17, 15) is 14.4 Å². The van der Waals surface area contributed by atoms with E-state index < -0.39 is 17.5 Å². The summed E-state index contributed by atoms with van der Waals surface area (Å²) in [5.74, 6) is -0.288. The Kier molecular flexibility index (Phi) is 4.92. The quantitative estimate of drug-likeness (QED) is 0.629. The number of nitrogens with one attached hydrogen (secondary N) is 1. The minimum Gasteiger partial charge on any atom is -0.493 e. The SMILES string of the molecule is CCOc1ccccc1COC(=O)CN1C(=O)NC2(CCCC2)C1=O. The number of esters is 1. The van der Waals surface area contributed by atoms with E-state index >= 15 is 0 Å². The molecule has 7 heteroatoms. The van der Waals surface area contributed by atoms with Crippen LogP contribution in [0.3, 0.4) is 0 Å².